The molecule has 1 aliphatic heterocycles. The Morgan fingerprint density at radius 2 is 1.72 bits per heavy atom. The van der Waals surface area contributed by atoms with Gasteiger partial charge in [-0.25, -0.2) is 9.18 Å². The minimum Gasteiger partial charge on any atom is -0.379 e. The molecule has 0 atom stereocenters. The number of carbonyl (C=O) groups is 2. The van der Waals surface area contributed by atoms with E-state index in [1.54, 1.807) is 6.07 Å². The minimum atomic E-state index is -0.544. The van der Waals surface area contributed by atoms with Crippen LogP contribution in [0.2, 0.25) is 0 Å². The van der Waals surface area contributed by atoms with Crippen LogP contribution < -0.4 is 16.0 Å². The summed E-state index contributed by atoms with van der Waals surface area (Å²) in [5.74, 6) is -0.995. The Labute approximate surface area is 146 Å². The lowest BCUT2D eigenvalue weighted by Gasteiger charge is -2.26. The molecule has 1 fully saturated rings. The highest BCUT2D eigenvalue weighted by Crippen LogP contribution is 2.05. The fourth-order valence-corrected chi connectivity index (χ4v) is 2.45. The molecule has 1 aromatic carbocycles. The Morgan fingerprint density at radius 1 is 1.04 bits per heavy atom. The molecule has 0 bridgehead atoms. The molecule has 0 aromatic heterocycles. The molecule has 138 valence electrons. The monoisotopic (exact) mass is 352 g/mol. The van der Waals surface area contributed by atoms with Gasteiger partial charge in [0.2, 0.25) is 0 Å². The molecule has 0 spiro atoms. The van der Waals surface area contributed by atoms with Crippen LogP contribution in [0.5, 0.6) is 0 Å². The van der Waals surface area contributed by atoms with Gasteiger partial charge in [-0.1, -0.05) is 12.1 Å². The van der Waals surface area contributed by atoms with E-state index in [1.807, 2.05) is 0 Å². The third-order valence-electron chi connectivity index (χ3n) is 3.86. The van der Waals surface area contributed by atoms with Crippen LogP contribution in [0.15, 0.2) is 24.3 Å². The van der Waals surface area contributed by atoms with Crippen molar-refractivity contribution in [1.29, 1.82) is 0 Å². The molecular weight excluding hydrogens is 327 g/mol. The summed E-state index contributed by atoms with van der Waals surface area (Å²) in [4.78, 5) is 25.7. The van der Waals surface area contributed by atoms with Gasteiger partial charge in [0.15, 0.2) is 0 Å². The first-order chi connectivity index (χ1) is 12.2. The van der Waals surface area contributed by atoms with Crippen molar-refractivity contribution in [3.05, 3.63) is 35.6 Å². The van der Waals surface area contributed by atoms with E-state index in [4.69, 9.17) is 4.74 Å². The van der Waals surface area contributed by atoms with E-state index in [1.165, 1.54) is 18.2 Å². The molecule has 1 aliphatic rings. The van der Waals surface area contributed by atoms with Gasteiger partial charge >= 0.3 is 6.03 Å². The lowest BCUT2D eigenvalue weighted by atomic mass is 10.2. The molecule has 8 heteroatoms. The standard InChI is InChI=1S/C17H25FN4O3/c18-15-5-2-1-4-14(15)16(23)19-6-3-7-20-17(24)21-8-9-22-10-12-25-13-11-22/h1-2,4-5H,3,6-13H2,(H,19,23)(H2,20,21,24). The molecule has 1 saturated heterocycles. The number of nitrogens with one attached hydrogen (secondary N) is 3. The highest BCUT2D eigenvalue weighted by molar-refractivity contribution is 5.94. The van der Waals surface area contributed by atoms with Crippen molar-refractivity contribution in [3.63, 3.8) is 0 Å². The SMILES string of the molecule is O=C(NCCCNC(=O)c1ccccc1F)NCCN1CCOCC1. The number of benzene rings is 1. The quantitative estimate of drug-likeness (QED) is 0.598. The zero-order valence-electron chi connectivity index (χ0n) is 14.2. The van der Waals surface area contributed by atoms with Gasteiger partial charge in [0, 0.05) is 39.3 Å². The summed E-state index contributed by atoms with van der Waals surface area (Å²) < 4.78 is 18.7. The number of ether oxygens (including phenoxy) is 1. The Hall–Kier alpha value is -2.19. The maximum Gasteiger partial charge on any atom is 0.314 e. The fraction of sp³-hybridized carbons (Fsp3) is 0.529. The number of halogens is 1. The molecule has 0 radical (unpaired) electrons. The number of carbonyl (C=O) groups excluding carboxylic acids is 2. The third kappa shape index (κ3) is 7.06. The van der Waals surface area contributed by atoms with Gasteiger partial charge in [-0.2, -0.15) is 0 Å². The molecule has 0 saturated carbocycles. The van der Waals surface area contributed by atoms with Crippen LogP contribution in [0.3, 0.4) is 0 Å². The molecule has 25 heavy (non-hydrogen) atoms. The van der Waals surface area contributed by atoms with Crippen LogP contribution in [0.4, 0.5) is 9.18 Å². The van der Waals surface area contributed by atoms with Crippen LogP contribution in [-0.2, 0) is 4.74 Å². The average molecular weight is 352 g/mol. The number of nitrogens with zero attached hydrogens (tertiary/aromatic N) is 1. The maximum atomic E-state index is 13.4. The first kappa shape index (κ1) is 19.1. The Morgan fingerprint density at radius 3 is 2.48 bits per heavy atom. The zero-order chi connectivity index (χ0) is 17.9. The van der Waals surface area contributed by atoms with E-state index < -0.39 is 11.7 Å². The molecule has 1 aromatic rings. The second kappa shape index (κ2) is 10.6. The summed E-state index contributed by atoms with van der Waals surface area (Å²) in [6.07, 6.45) is 0.567. The highest BCUT2D eigenvalue weighted by Gasteiger charge is 2.11. The van der Waals surface area contributed by atoms with Crippen molar-refractivity contribution in [2.24, 2.45) is 0 Å². The summed E-state index contributed by atoms with van der Waals surface area (Å²) in [7, 11) is 0. The largest absolute Gasteiger partial charge is 0.379 e. The van der Waals surface area contributed by atoms with Crippen molar-refractivity contribution in [1.82, 2.24) is 20.9 Å². The lowest BCUT2D eigenvalue weighted by Crippen LogP contribution is -2.44. The molecular formula is C17H25FN4O3. The van der Waals surface area contributed by atoms with E-state index in [9.17, 15) is 14.0 Å². The predicted octanol–water partition coefficient (Wildman–Crippen LogP) is 0.577. The predicted molar refractivity (Wildman–Crippen MR) is 92.0 cm³/mol. The van der Waals surface area contributed by atoms with E-state index >= 15 is 0 Å². The Kier molecular flexibility index (Phi) is 8.14. The molecule has 2 rings (SSSR count). The third-order valence-corrected chi connectivity index (χ3v) is 3.86. The van der Waals surface area contributed by atoms with Crippen molar-refractivity contribution in [2.45, 2.75) is 6.42 Å². The normalized spacial score (nSPS) is 14.8. The number of urea groups is 1. The van der Waals surface area contributed by atoms with Gasteiger partial charge in [-0.15, -0.1) is 0 Å². The number of rotatable bonds is 8. The van der Waals surface area contributed by atoms with Crippen LogP contribution in [-0.4, -0.2) is 69.3 Å². The number of hydrogen-bond donors (Lipinski definition) is 3. The second-order valence-electron chi connectivity index (χ2n) is 5.73. The minimum absolute atomic E-state index is 0.0244. The lowest BCUT2D eigenvalue weighted by molar-refractivity contribution is 0.0387. The number of amides is 3. The summed E-state index contributed by atoms with van der Waals surface area (Å²) in [6.45, 7) is 5.44. The molecule has 3 amide bonds. The van der Waals surface area contributed by atoms with Crippen LogP contribution >= 0.6 is 0 Å². The fourth-order valence-electron chi connectivity index (χ4n) is 2.45. The summed E-state index contributed by atoms with van der Waals surface area (Å²) in [6, 6.07) is 5.60. The summed E-state index contributed by atoms with van der Waals surface area (Å²) in [5.41, 5.74) is 0.0244. The van der Waals surface area contributed by atoms with Gasteiger partial charge in [-0.05, 0) is 18.6 Å². The van der Waals surface area contributed by atoms with Crippen molar-refractivity contribution < 1.29 is 18.7 Å². The molecule has 3 N–H and O–H groups in total. The van der Waals surface area contributed by atoms with Crippen LogP contribution in [0.25, 0.3) is 0 Å². The van der Waals surface area contributed by atoms with Crippen LogP contribution in [0.1, 0.15) is 16.8 Å². The van der Waals surface area contributed by atoms with Gasteiger partial charge in [0.05, 0.1) is 18.8 Å². The van der Waals surface area contributed by atoms with Gasteiger partial charge in [-0.3, -0.25) is 9.69 Å². The first-order valence-corrected chi connectivity index (χ1v) is 8.51. The Bertz CT molecular complexity index is 565. The van der Waals surface area contributed by atoms with Crippen molar-refractivity contribution >= 4 is 11.9 Å². The molecule has 0 aliphatic carbocycles. The zero-order valence-corrected chi connectivity index (χ0v) is 14.2. The summed E-state index contributed by atoms with van der Waals surface area (Å²) in [5, 5.41) is 8.15. The van der Waals surface area contributed by atoms with E-state index in [0.717, 1.165) is 32.8 Å². The van der Waals surface area contributed by atoms with Gasteiger partial charge < -0.3 is 20.7 Å². The number of morpholine rings is 1. The molecule has 1 heterocycles. The maximum absolute atomic E-state index is 13.4. The smallest absolute Gasteiger partial charge is 0.314 e. The molecule has 7 nitrogen and oxygen atoms in total. The highest BCUT2D eigenvalue weighted by atomic mass is 19.1. The molecule has 0 unspecified atom stereocenters. The van der Waals surface area contributed by atoms with Crippen molar-refractivity contribution in [3.8, 4) is 0 Å². The van der Waals surface area contributed by atoms with E-state index in [2.05, 4.69) is 20.9 Å². The average Bonchev–Trinajstić information content (AvgIpc) is 2.62. The van der Waals surface area contributed by atoms with Gasteiger partial charge in [0.25, 0.3) is 5.91 Å². The topological polar surface area (TPSA) is 82.7 Å². The Balaban J connectivity index is 1.50. The summed E-state index contributed by atoms with van der Waals surface area (Å²) >= 11 is 0. The van der Waals surface area contributed by atoms with Crippen LogP contribution in [0, 0.1) is 5.82 Å². The van der Waals surface area contributed by atoms with Gasteiger partial charge in [0.1, 0.15) is 5.82 Å². The van der Waals surface area contributed by atoms with E-state index in [-0.39, 0.29) is 11.6 Å². The van der Waals surface area contributed by atoms with Crippen molar-refractivity contribution in [2.75, 3.05) is 52.5 Å². The number of hydrogen-bond acceptors (Lipinski definition) is 4. The first-order valence-electron chi connectivity index (χ1n) is 8.51. The second-order valence-corrected chi connectivity index (χ2v) is 5.73. The van der Waals surface area contributed by atoms with E-state index in [0.29, 0.717) is 26.1 Å².